The van der Waals surface area contributed by atoms with Gasteiger partial charge in [0.2, 0.25) is 5.91 Å². The molecule has 1 atom stereocenters. The third kappa shape index (κ3) is 6.81. The summed E-state index contributed by atoms with van der Waals surface area (Å²) in [5.74, 6) is -1.40. The average molecular weight is 408 g/mol. The van der Waals surface area contributed by atoms with Crippen LogP contribution in [0.2, 0.25) is 0 Å². The smallest absolute Gasteiger partial charge is 0.306 e. The Morgan fingerprint density at radius 1 is 1.07 bits per heavy atom. The number of carbonyl (C=O) groups excluding carboxylic acids is 1. The van der Waals surface area contributed by atoms with E-state index in [1.807, 2.05) is 0 Å². The molecular weight excluding hydrogens is 379 g/mol. The molecule has 1 aliphatic heterocycles. The lowest BCUT2D eigenvalue weighted by molar-refractivity contribution is -0.143. The summed E-state index contributed by atoms with van der Waals surface area (Å²) in [7, 11) is 0. The number of halogens is 1. The third-order valence-electron chi connectivity index (χ3n) is 5.61. The summed E-state index contributed by atoms with van der Waals surface area (Å²) < 4.78 is 13.3. The number of hydrogen-bond donors (Lipinski definition) is 3. The van der Waals surface area contributed by atoms with Crippen LogP contribution in [0.4, 0.5) is 4.39 Å². The molecule has 2 aliphatic rings. The van der Waals surface area contributed by atoms with Gasteiger partial charge in [0.1, 0.15) is 11.9 Å². The maximum atomic E-state index is 13.3. The number of rotatable bonds is 5. The highest BCUT2D eigenvalue weighted by atomic mass is 19.1. The standard InChI is InChI=1S/C20H27FN2O3.CH2O2/c21-16-8-4-14(5-9-16)18(23-12-2-1-3-13-23)19(24)22-17-10-6-15(7-11-17)20(25)26;2-1-3/h4-5,8-9,15,17-18H,1-3,6-7,10-13H2,(H,22,24)(H,25,26);1H,(H,2,3). The van der Waals surface area contributed by atoms with Gasteiger partial charge in [-0.3, -0.25) is 19.3 Å². The number of hydrogen-bond acceptors (Lipinski definition) is 4. The van der Waals surface area contributed by atoms with Crippen molar-refractivity contribution >= 4 is 18.3 Å². The lowest BCUT2D eigenvalue weighted by Crippen LogP contribution is -2.47. The maximum Gasteiger partial charge on any atom is 0.306 e. The van der Waals surface area contributed by atoms with Gasteiger partial charge in [0.25, 0.3) is 6.47 Å². The summed E-state index contributed by atoms with van der Waals surface area (Å²) in [6, 6.07) is 5.79. The van der Waals surface area contributed by atoms with Crippen LogP contribution in [0.15, 0.2) is 24.3 Å². The molecule has 1 saturated carbocycles. The molecule has 0 radical (unpaired) electrons. The molecule has 1 unspecified atom stereocenters. The predicted octanol–water partition coefficient (Wildman–Crippen LogP) is 2.81. The van der Waals surface area contributed by atoms with Crippen LogP contribution < -0.4 is 5.32 Å². The summed E-state index contributed by atoms with van der Waals surface area (Å²) in [5.41, 5.74) is 0.810. The summed E-state index contributed by atoms with van der Waals surface area (Å²) in [6.45, 7) is 1.47. The summed E-state index contributed by atoms with van der Waals surface area (Å²) in [4.78, 5) is 34.7. The van der Waals surface area contributed by atoms with E-state index in [-0.39, 0.29) is 30.2 Å². The second kappa shape index (κ2) is 11.5. The molecule has 160 valence electrons. The number of likely N-dealkylation sites (tertiary alicyclic amines) is 1. The van der Waals surface area contributed by atoms with Crippen molar-refractivity contribution in [3.05, 3.63) is 35.6 Å². The Kier molecular flexibility index (Phi) is 9.05. The number of nitrogens with zero attached hydrogens (tertiary/aromatic N) is 1. The third-order valence-corrected chi connectivity index (χ3v) is 5.61. The maximum absolute atomic E-state index is 13.3. The summed E-state index contributed by atoms with van der Waals surface area (Å²) in [6.07, 6.45) is 5.89. The molecule has 1 aliphatic carbocycles. The number of amides is 1. The fraction of sp³-hybridized carbons (Fsp3) is 0.571. The van der Waals surface area contributed by atoms with E-state index in [1.54, 1.807) is 12.1 Å². The van der Waals surface area contributed by atoms with Gasteiger partial charge in [-0.2, -0.15) is 0 Å². The van der Waals surface area contributed by atoms with Gasteiger partial charge in [-0.1, -0.05) is 18.6 Å². The molecule has 0 bridgehead atoms. The van der Waals surface area contributed by atoms with Crippen LogP contribution in [-0.4, -0.2) is 52.6 Å². The Labute approximate surface area is 169 Å². The number of benzene rings is 1. The van der Waals surface area contributed by atoms with E-state index < -0.39 is 12.0 Å². The van der Waals surface area contributed by atoms with E-state index in [0.29, 0.717) is 25.7 Å². The Morgan fingerprint density at radius 3 is 2.14 bits per heavy atom. The van der Waals surface area contributed by atoms with Crippen molar-refractivity contribution in [2.45, 2.75) is 57.0 Å². The van der Waals surface area contributed by atoms with E-state index in [0.717, 1.165) is 31.5 Å². The van der Waals surface area contributed by atoms with Crippen LogP contribution in [0, 0.1) is 11.7 Å². The minimum absolute atomic E-state index is 0.0193. The van der Waals surface area contributed by atoms with E-state index >= 15 is 0 Å². The second-order valence-electron chi connectivity index (χ2n) is 7.55. The number of carboxylic acids is 1. The molecule has 1 saturated heterocycles. The minimum atomic E-state index is -0.743. The fourth-order valence-electron chi connectivity index (χ4n) is 4.11. The first-order chi connectivity index (χ1) is 14.0. The summed E-state index contributed by atoms with van der Waals surface area (Å²) >= 11 is 0. The van der Waals surface area contributed by atoms with E-state index in [9.17, 15) is 14.0 Å². The number of carbonyl (C=O) groups is 3. The van der Waals surface area contributed by atoms with Crippen LogP contribution in [0.3, 0.4) is 0 Å². The largest absolute Gasteiger partial charge is 0.483 e. The SMILES string of the molecule is O=C(O)C1CCC(NC(=O)C(c2ccc(F)cc2)N2CCCCC2)CC1.O=CO. The topological polar surface area (TPSA) is 107 Å². The van der Waals surface area contributed by atoms with Crippen molar-refractivity contribution in [1.29, 1.82) is 0 Å². The molecule has 1 aromatic rings. The molecule has 1 amide bonds. The molecule has 1 heterocycles. The monoisotopic (exact) mass is 408 g/mol. The first-order valence-electron chi connectivity index (χ1n) is 10.1. The quantitative estimate of drug-likeness (QED) is 0.647. The fourth-order valence-corrected chi connectivity index (χ4v) is 4.11. The normalized spacial score (nSPS) is 23.2. The molecule has 1 aromatic carbocycles. The molecule has 2 fully saturated rings. The van der Waals surface area contributed by atoms with Crippen molar-refractivity contribution in [1.82, 2.24) is 10.2 Å². The molecule has 29 heavy (non-hydrogen) atoms. The highest BCUT2D eigenvalue weighted by Crippen LogP contribution is 2.28. The lowest BCUT2D eigenvalue weighted by Gasteiger charge is -2.35. The van der Waals surface area contributed by atoms with Gasteiger partial charge >= 0.3 is 5.97 Å². The molecule has 8 heteroatoms. The van der Waals surface area contributed by atoms with E-state index in [2.05, 4.69) is 10.2 Å². The molecule has 3 N–H and O–H groups in total. The first-order valence-corrected chi connectivity index (χ1v) is 10.1. The lowest BCUT2D eigenvalue weighted by atomic mass is 9.86. The van der Waals surface area contributed by atoms with Crippen LogP contribution in [0.1, 0.15) is 56.6 Å². The van der Waals surface area contributed by atoms with Crippen LogP contribution in [-0.2, 0) is 14.4 Å². The van der Waals surface area contributed by atoms with Gasteiger partial charge < -0.3 is 15.5 Å². The molecule has 0 aromatic heterocycles. The zero-order valence-electron chi connectivity index (χ0n) is 16.4. The number of piperidine rings is 1. The molecule has 0 spiro atoms. The number of nitrogens with one attached hydrogen (secondary N) is 1. The highest BCUT2D eigenvalue weighted by Gasteiger charge is 2.32. The average Bonchev–Trinajstić information content (AvgIpc) is 2.71. The van der Waals surface area contributed by atoms with Crippen LogP contribution in [0.5, 0.6) is 0 Å². The minimum Gasteiger partial charge on any atom is -0.483 e. The zero-order chi connectivity index (χ0) is 21.2. The Balaban J connectivity index is 0.000000941. The second-order valence-corrected chi connectivity index (χ2v) is 7.55. The van der Waals surface area contributed by atoms with E-state index in [4.69, 9.17) is 15.0 Å². The van der Waals surface area contributed by atoms with Gasteiger partial charge in [0, 0.05) is 6.04 Å². The van der Waals surface area contributed by atoms with Gasteiger partial charge in [0.15, 0.2) is 0 Å². The van der Waals surface area contributed by atoms with Gasteiger partial charge in [0.05, 0.1) is 5.92 Å². The highest BCUT2D eigenvalue weighted by molar-refractivity contribution is 5.83. The van der Waals surface area contributed by atoms with Crippen molar-refractivity contribution in [3.63, 3.8) is 0 Å². The van der Waals surface area contributed by atoms with Crippen LogP contribution >= 0.6 is 0 Å². The van der Waals surface area contributed by atoms with Gasteiger partial charge in [-0.15, -0.1) is 0 Å². The number of carboxylic acid groups (broad SMARTS) is 2. The van der Waals surface area contributed by atoms with Crippen molar-refractivity contribution < 1.29 is 29.0 Å². The summed E-state index contributed by atoms with van der Waals surface area (Å²) in [5, 5.41) is 19.1. The molecule has 3 rings (SSSR count). The Bertz CT molecular complexity index is 668. The molecule has 7 nitrogen and oxygen atoms in total. The first kappa shape index (κ1) is 22.8. The van der Waals surface area contributed by atoms with Crippen molar-refractivity contribution in [2.75, 3.05) is 13.1 Å². The van der Waals surface area contributed by atoms with E-state index in [1.165, 1.54) is 18.6 Å². The van der Waals surface area contributed by atoms with Gasteiger partial charge in [-0.05, 0) is 69.3 Å². The Hall–Kier alpha value is -2.48. The Morgan fingerprint density at radius 2 is 1.62 bits per heavy atom. The zero-order valence-corrected chi connectivity index (χ0v) is 16.4. The predicted molar refractivity (Wildman–Crippen MR) is 105 cm³/mol. The molecular formula is C21H29FN2O5. The van der Waals surface area contributed by atoms with Crippen LogP contribution in [0.25, 0.3) is 0 Å². The number of aliphatic carboxylic acids is 1. The van der Waals surface area contributed by atoms with Crippen molar-refractivity contribution in [3.8, 4) is 0 Å². The van der Waals surface area contributed by atoms with Gasteiger partial charge in [-0.25, -0.2) is 4.39 Å². The van der Waals surface area contributed by atoms with Crippen molar-refractivity contribution in [2.24, 2.45) is 5.92 Å².